The van der Waals surface area contributed by atoms with Crippen molar-refractivity contribution in [3.05, 3.63) is 41.3 Å². The van der Waals surface area contributed by atoms with Crippen LogP contribution in [0.15, 0.2) is 24.4 Å². The van der Waals surface area contributed by atoms with E-state index in [2.05, 4.69) is 55.0 Å². The Morgan fingerprint density at radius 2 is 2.16 bits per heavy atom. The quantitative estimate of drug-likeness (QED) is 0.896. The van der Waals surface area contributed by atoms with Gasteiger partial charge >= 0.3 is 0 Å². The molecule has 98 valence electrons. The summed E-state index contributed by atoms with van der Waals surface area (Å²) >= 11 is 0. The summed E-state index contributed by atoms with van der Waals surface area (Å²) in [5, 5.41) is 8.60. The molecule has 0 radical (unpaired) electrons. The SMILES string of the molecule is Cc1ccc(C(C)C)cc1-c1cnc(CCC#N)[nH]1. The smallest absolute Gasteiger partial charge is 0.107 e. The van der Waals surface area contributed by atoms with E-state index in [0.29, 0.717) is 18.8 Å². The number of H-pyrrole nitrogens is 1. The van der Waals surface area contributed by atoms with Crippen LogP contribution in [-0.4, -0.2) is 9.97 Å². The van der Waals surface area contributed by atoms with Crippen LogP contribution in [0.1, 0.15) is 43.1 Å². The maximum absolute atomic E-state index is 8.60. The van der Waals surface area contributed by atoms with Crippen LogP contribution in [0.2, 0.25) is 0 Å². The van der Waals surface area contributed by atoms with Gasteiger partial charge in [-0.2, -0.15) is 5.26 Å². The molecule has 1 aromatic heterocycles. The Morgan fingerprint density at radius 1 is 1.37 bits per heavy atom. The number of aromatic amines is 1. The summed E-state index contributed by atoms with van der Waals surface area (Å²) in [5.41, 5.74) is 4.79. The first kappa shape index (κ1) is 13.4. The summed E-state index contributed by atoms with van der Waals surface area (Å²) in [7, 11) is 0. The Kier molecular flexibility index (Phi) is 4.01. The second-order valence-electron chi connectivity index (χ2n) is 5.13. The van der Waals surface area contributed by atoms with E-state index in [1.807, 2.05) is 6.20 Å². The number of aryl methyl sites for hydroxylation is 2. The summed E-state index contributed by atoms with van der Waals surface area (Å²) in [4.78, 5) is 7.65. The van der Waals surface area contributed by atoms with E-state index in [9.17, 15) is 0 Å². The summed E-state index contributed by atoms with van der Waals surface area (Å²) < 4.78 is 0. The first-order valence-electron chi connectivity index (χ1n) is 6.63. The predicted octanol–water partition coefficient (Wildman–Crippen LogP) is 3.96. The fraction of sp³-hybridized carbons (Fsp3) is 0.375. The van der Waals surface area contributed by atoms with Crippen molar-refractivity contribution in [1.82, 2.24) is 9.97 Å². The van der Waals surface area contributed by atoms with E-state index in [0.717, 1.165) is 11.5 Å². The van der Waals surface area contributed by atoms with E-state index >= 15 is 0 Å². The molecule has 0 fully saturated rings. The summed E-state index contributed by atoms with van der Waals surface area (Å²) in [6.45, 7) is 6.49. The molecule has 0 aliphatic carbocycles. The molecule has 3 nitrogen and oxygen atoms in total. The van der Waals surface area contributed by atoms with Gasteiger partial charge in [-0.05, 0) is 30.0 Å². The monoisotopic (exact) mass is 253 g/mol. The van der Waals surface area contributed by atoms with Crippen LogP contribution in [-0.2, 0) is 6.42 Å². The van der Waals surface area contributed by atoms with Crippen LogP contribution in [0, 0.1) is 18.3 Å². The number of benzene rings is 1. The fourth-order valence-corrected chi connectivity index (χ4v) is 2.09. The van der Waals surface area contributed by atoms with Crippen molar-refractivity contribution in [2.75, 3.05) is 0 Å². The first-order chi connectivity index (χ1) is 9.11. The zero-order valence-corrected chi connectivity index (χ0v) is 11.7. The van der Waals surface area contributed by atoms with Gasteiger partial charge in [-0.1, -0.05) is 26.0 Å². The van der Waals surface area contributed by atoms with Gasteiger partial charge in [0.1, 0.15) is 5.82 Å². The second kappa shape index (κ2) is 5.71. The van der Waals surface area contributed by atoms with Gasteiger partial charge in [0, 0.05) is 18.4 Å². The number of nitrogens with zero attached hydrogens (tertiary/aromatic N) is 2. The highest BCUT2D eigenvalue weighted by Crippen LogP contribution is 2.26. The van der Waals surface area contributed by atoms with Crippen LogP contribution in [0.5, 0.6) is 0 Å². The molecule has 1 N–H and O–H groups in total. The molecule has 1 heterocycles. The number of hydrogen-bond acceptors (Lipinski definition) is 2. The minimum Gasteiger partial charge on any atom is -0.342 e. The molecule has 0 aliphatic rings. The Labute approximate surface area is 114 Å². The molecule has 0 aliphatic heterocycles. The highest BCUT2D eigenvalue weighted by molar-refractivity contribution is 5.64. The van der Waals surface area contributed by atoms with E-state index in [4.69, 9.17) is 5.26 Å². The third-order valence-electron chi connectivity index (χ3n) is 3.32. The molecule has 0 spiro atoms. The van der Waals surface area contributed by atoms with Crippen LogP contribution in [0.4, 0.5) is 0 Å². The van der Waals surface area contributed by atoms with Crippen LogP contribution >= 0.6 is 0 Å². The van der Waals surface area contributed by atoms with Crippen molar-refractivity contribution >= 4 is 0 Å². The average molecular weight is 253 g/mol. The van der Waals surface area contributed by atoms with Crippen molar-refractivity contribution < 1.29 is 0 Å². The van der Waals surface area contributed by atoms with Gasteiger partial charge in [0.25, 0.3) is 0 Å². The van der Waals surface area contributed by atoms with Crippen LogP contribution in [0.25, 0.3) is 11.3 Å². The van der Waals surface area contributed by atoms with E-state index < -0.39 is 0 Å². The number of rotatable bonds is 4. The van der Waals surface area contributed by atoms with Gasteiger partial charge < -0.3 is 4.98 Å². The lowest BCUT2D eigenvalue weighted by atomic mass is 9.97. The maximum Gasteiger partial charge on any atom is 0.107 e. The number of nitrogens with one attached hydrogen (secondary N) is 1. The summed E-state index contributed by atoms with van der Waals surface area (Å²) in [5.74, 6) is 1.39. The van der Waals surface area contributed by atoms with E-state index in [1.165, 1.54) is 16.7 Å². The molecule has 0 unspecified atom stereocenters. The number of imidazole rings is 1. The van der Waals surface area contributed by atoms with Gasteiger partial charge in [-0.3, -0.25) is 0 Å². The van der Waals surface area contributed by atoms with Gasteiger partial charge in [-0.15, -0.1) is 0 Å². The molecule has 1 aromatic carbocycles. The average Bonchev–Trinajstić information content (AvgIpc) is 2.85. The lowest BCUT2D eigenvalue weighted by Gasteiger charge is -2.10. The summed E-state index contributed by atoms with van der Waals surface area (Å²) in [6.07, 6.45) is 3.04. The Morgan fingerprint density at radius 3 is 2.84 bits per heavy atom. The van der Waals surface area contributed by atoms with Crippen molar-refractivity contribution in [2.24, 2.45) is 0 Å². The van der Waals surface area contributed by atoms with Crippen LogP contribution < -0.4 is 0 Å². The summed E-state index contributed by atoms with van der Waals surface area (Å²) in [6, 6.07) is 8.69. The molecule has 2 aromatic rings. The van der Waals surface area contributed by atoms with Gasteiger partial charge in [0.05, 0.1) is 18.0 Å². The van der Waals surface area contributed by atoms with Gasteiger partial charge in [0.2, 0.25) is 0 Å². The molecule has 0 atom stereocenters. The Bertz CT molecular complexity index is 603. The lowest BCUT2D eigenvalue weighted by molar-refractivity contribution is 0.866. The molecular formula is C16H19N3. The Hall–Kier alpha value is -2.08. The lowest BCUT2D eigenvalue weighted by Crippen LogP contribution is -1.91. The van der Waals surface area contributed by atoms with Crippen LogP contribution in [0.3, 0.4) is 0 Å². The van der Waals surface area contributed by atoms with Crippen molar-refractivity contribution in [3.8, 4) is 17.3 Å². The highest BCUT2D eigenvalue weighted by atomic mass is 14.9. The molecular weight excluding hydrogens is 234 g/mol. The van der Waals surface area contributed by atoms with Crippen molar-refractivity contribution in [3.63, 3.8) is 0 Å². The molecule has 0 bridgehead atoms. The normalized spacial score (nSPS) is 10.7. The topological polar surface area (TPSA) is 52.5 Å². The molecule has 2 rings (SSSR count). The standard InChI is InChI=1S/C16H19N3/c1-11(2)13-7-6-12(3)14(9-13)15-10-18-16(19-15)5-4-8-17/h6-7,9-11H,4-5H2,1-3H3,(H,18,19). The zero-order valence-electron chi connectivity index (χ0n) is 11.7. The van der Waals surface area contributed by atoms with Gasteiger partial charge in [-0.25, -0.2) is 4.98 Å². The molecule has 0 saturated heterocycles. The molecule has 0 saturated carbocycles. The second-order valence-corrected chi connectivity index (χ2v) is 5.13. The fourth-order valence-electron chi connectivity index (χ4n) is 2.09. The molecule has 19 heavy (non-hydrogen) atoms. The van der Waals surface area contributed by atoms with Crippen molar-refractivity contribution in [1.29, 1.82) is 5.26 Å². The zero-order chi connectivity index (χ0) is 13.8. The number of aromatic nitrogens is 2. The number of nitriles is 1. The number of hydrogen-bond donors (Lipinski definition) is 1. The maximum atomic E-state index is 8.60. The largest absolute Gasteiger partial charge is 0.342 e. The van der Waals surface area contributed by atoms with E-state index in [1.54, 1.807) is 0 Å². The van der Waals surface area contributed by atoms with Gasteiger partial charge in [0.15, 0.2) is 0 Å². The molecule has 3 heteroatoms. The third kappa shape index (κ3) is 3.03. The highest BCUT2D eigenvalue weighted by Gasteiger charge is 2.08. The first-order valence-corrected chi connectivity index (χ1v) is 6.63. The van der Waals surface area contributed by atoms with Crippen molar-refractivity contribution in [2.45, 2.75) is 39.5 Å². The minimum absolute atomic E-state index is 0.498. The molecule has 0 amide bonds. The predicted molar refractivity (Wildman–Crippen MR) is 76.8 cm³/mol. The Balaban J connectivity index is 2.33. The minimum atomic E-state index is 0.498. The third-order valence-corrected chi connectivity index (χ3v) is 3.32. The van der Waals surface area contributed by atoms with E-state index in [-0.39, 0.29) is 0 Å².